The van der Waals surface area contributed by atoms with Crippen LogP contribution in [0.5, 0.6) is 0 Å². The van der Waals surface area contributed by atoms with Gasteiger partial charge in [-0.2, -0.15) is 0 Å². The van der Waals surface area contributed by atoms with Crippen molar-refractivity contribution in [1.29, 1.82) is 0 Å². The first-order valence-electron chi connectivity index (χ1n) is 8.58. The molecule has 2 aromatic rings. The van der Waals surface area contributed by atoms with Crippen molar-refractivity contribution in [3.8, 4) is 0 Å². The summed E-state index contributed by atoms with van der Waals surface area (Å²) in [5.74, 6) is 0.111. The Morgan fingerprint density at radius 2 is 1.88 bits per heavy atom. The fourth-order valence-electron chi connectivity index (χ4n) is 3.14. The van der Waals surface area contributed by atoms with Crippen molar-refractivity contribution in [2.45, 2.75) is 32.7 Å². The van der Waals surface area contributed by atoms with Crippen molar-refractivity contribution in [3.05, 3.63) is 65.5 Å². The van der Waals surface area contributed by atoms with Gasteiger partial charge in [-0.3, -0.25) is 9.78 Å². The Labute approximate surface area is 143 Å². The number of nitrogens with zero attached hydrogens (tertiary/aromatic N) is 1. The monoisotopic (exact) mass is 323 g/mol. The number of nitrogens with one attached hydrogen (secondary N) is 2. The molecular formula is C20H25N3O. The quantitative estimate of drug-likeness (QED) is 0.909. The third-order valence-corrected chi connectivity index (χ3v) is 4.92. The van der Waals surface area contributed by atoms with Crippen LogP contribution >= 0.6 is 0 Å². The lowest BCUT2D eigenvalue weighted by Gasteiger charge is -2.34. The maximum absolute atomic E-state index is 13.0. The van der Waals surface area contributed by atoms with E-state index in [9.17, 15) is 4.79 Å². The summed E-state index contributed by atoms with van der Waals surface area (Å²) in [7, 11) is 0. The Kier molecular flexibility index (Phi) is 4.95. The van der Waals surface area contributed by atoms with Crippen molar-refractivity contribution in [1.82, 2.24) is 15.6 Å². The molecule has 1 aromatic carbocycles. The minimum Gasteiger partial charge on any atom is -0.343 e. The summed E-state index contributed by atoms with van der Waals surface area (Å²) >= 11 is 0. The zero-order valence-corrected chi connectivity index (χ0v) is 14.4. The number of aromatic nitrogens is 1. The molecule has 24 heavy (non-hydrogen) atoms. The van der Waals surface area contributed by atoms with Gasteiger partial charge in [0.2, 0.25) is 5.91 Å². The topological polar surface area (TPSA) is 54.0 Å². The van der Waals surface area contributed by atoms with E-state index in [4.69, 9.17) is 0 Å². The molecule has 4 nitrogen and oxygen atoms in total. The second-order valence-corrected chi connectivity index (χ2v) is 6.88. The lowest BCUT2D eigenvalue weighted by molar-refractivity contribution is -0.132. The molecule has 2 N–H and O–H groups in total. The maximum Gasteiger partial charge on any atom is 0.226 e. The second kappa shape index (κ2) is 7.14. The van der Waals surface area contributed by atoms with Crippen molar-refractivity contribution < 1.29 is 4.79 Å². The Morgan fingerprint density at radius 3 is 2.50 bits per heavy atom. The molecule has 1 aromatic heterocycles. The summed E-state index contributed by atoms with van der Waals surface area (Å²) < 4.78 is 0. The molecule has 0 bridgehead atoms. The van der Waals surface area contributed by atoms with Crippen LogP contribution in [-0.2, 0) is 4.79 Å². The first-order chi connectivity index (χ1) is 11.6. The van der Waals surface area contributed by atoms with Gasteiger partial charge in [0.15, 0.2) is 0 Å². The molecule has 0 aliphatic carbocycles. The number of carbonyl (C=O) groups is 1. The van der Waals surface area contributed by atoms with E-state index in [2.05, 4.69) is 53.7 Å². The summed E-state index contributed by atoms with van der Waals surface area (Å²) in [6.45, 7) is 5.91. The van der Waals surface area contributed by atoms with Gasteiger partial charge in [0.1, 0.15) is 0 Å². The highest BCUT2D eigenvalue weighted by molar-refractivity contribution is 5.83. The van der Waals surface area contributed by atoms with Gasteiger partial charge in [-0.1, -0.05) is 42.8 Å². The van der Waals surface area contributed by atoms with E-state index in [0.29, 0.717) is 0 Å². The first-order valence-corrected chi connectivity index (χ1v) is 8.58. The zero-order chi connectivity index (χ0) is 17.0. The van der Waals surface area contributed by atoms with Gasteiger partial charge in [0.05, 0.1) is 11.7 Å². The number of benzene rings is 1. The van der Waals surface area contributed by atoms with E-state index >= 15 is 0 Å². The normalized spacial score (nSPS) is 17.9. The van der Waals surface area contributed by atoms with Gasteiger partial charge in [-0.25, -0.2) is 0 Å². The number of pyridine rings is 1. The van der Waals surface area contributed by atoms with Crippen LogP contribution in [0.1, 0.15) is 42.6 Å². The highest BCUT2D eigenvalue weighted by Gasteiger charge is 2.36. The van der Waals surface area contributed by atoms with Crippen LogP contribution in [0.25, 0.3) is 0 Å². The number of piperidine rings is 1. The standard InChI is InChI=1S/C20H25N3O/c1-15-6-8-16(9-7-15)18(17-5-3-4-12-22-17)23-19(24)20(2)10-13-21-14-11-20/h3-9,12,18,21H,10-11,13-14H2,1-2H3,(H,23,24). The van der Waals surface area contributed by atoms with Crippen molar-refractivity contribution in [2.75, 3.05) is 13.1 Å². The van der Waals surface area contributed by atoms with Crippen LogP contribution in [0, 0.1) is 12.3 Å². The molecular weight excluding hydrogens is 298 g/mol. The number of hydrogen-bond donors (Lipinski definition) is 2. The van der Waals surface area contributed by atoms with Crippen LogP contribution in [0.2, 0.25) is 0 Å². The van der Waals surface area contributed by atoms with Crippen LogP contribution in [0.4, 0.5) is 0 Å². The summed E-state index contributed by atoms with van der Waals surface area (Å²) in [6, 6.07) is 13.9. The highest BCUT2D eigenvalue weighted by Crippen LogP contribution is 2.30. The maximum atomic E-state index is 13.0. The van der Waals surface area contributed by atoms with E-state index in [1.54, 1.807) is 6.20 Å². The number of carbonyl (C=O) groups excluding carboxylic acids is 1. The number of rotatable bonds is 4. The lowest BCUT2D eigenvalue weighted by Crippen LogP contribution is -2.47. The minimum absolute atomic E-state index is 0.111. The molecule has 0 spiro atoms. The van der Waals surface area contributed by atoms with Crippen LogP contribution in [-0.4, -0.2) is 24.0 Å². The van der Waals surface area contributed by atoms with Gasteiger partial charge >= 0.3 is 0 Å². The molecule has 1 aliphatic heterocycles. The van der Waals surface area contributed by atoms with E-state index < -0.39 is 0 Å². The average molecular weight is 323 g/mol. The summed E-state index contributed by atoms with van der Waals surface area (Å²) in [6.07, 6.45) is 3.50. The minimum atomic E-state index is -0.316. The van der Waals surface area contributed by atoms with Gasteiger partial charge in [-0.15, -0.1) is 0 Å². The van der Waals surface area contributed by atoms with Gasteiger partial charge in [-0.05, 0) is 50.6 Å². The Bertz CT molecular complexity index is 676. The van der Waals surface area contributed by atoms with Crippen LogP contribution < -0.4 is 10.6 Å². The fourth-order valence-corrected chi connectivity index (χ4v) is 3.14. The number of amides is 1. The van der Waals surface area contributed by atoms with Crippen molar-refractivity contribution in [2.24, 2.45) is 5.41 Å². The molecule has 1 saturated heterocycles. The molecule has 0 saturated carbocycles. The summed E-state index contributed by atoms with van der Waals surface area (Å²) in [5, 5.41) is 6.58. The van der Waals surface area contributed by atoms with Gasteiger partial charge < -0.3 is 10.6 Å². The third kappa shape index (κ3) is 3.65. The first kappa shape index (κ1) is 16.7. The van der Waals surface area contributed by atoms with Gasteiger partial charge in [0.25, 0.3) is 0 Å². The van der Waals surface area contributed by atoms with Gasteiger partial charge in [0, 0.05) is 11.6 Å². The van der Waals surface area contributed by atoms with E-state index in [1.807, 2.05) is 18.2 Å². The highest BCUT2D eigenvalue weighted by atomic mass is 16.2. The predicted molar refractivity (Wildman–Crippen MR) is 95.6 cm³/mol. The van der Waals surface area contributed by atoms with Crippen LogP contribution in [0.15, 0.2) is 48.7 Å². The Balaban J connectivity index is 1.87. The molecule has 1 aliphatic rings. The van der Waals surface area contributed by atoms with Crippen molar-refractivity contribution >= 4 is 5.91 Å². The molecule has 3 rings (SSSR count). The van der Waals surface area contributed by atoms with E-state index in [1.165, 1.54) is 5.56 Å². The fraction of sp³-hybridized carbons (Fsp3) is 0.400. The molecule has 126 valence electrons. The SMILES string of the molecule is Cc1ccc(C(NC(=O)C2(C)CCNCC2)c2ccccn2)cc1. The summed E-state index contributed by atoms with van der Waals surface area (Å²) in [4.78, 5) is 17.4. The average Bonchev–Trinajstić information content (AvgIpc) is 2.62. The lowest BCUT2D eigenvalue weighted by atomic mass is 9.79. The summed E-state index contributed by atoms with van der Waals surface area (Å²) in [5.41, 5.74) is 2.82. The molecule has 0 radical (unpaired) electrons. The van der Waals surface area contributed by atoms with Crippen molar-refractivity contribution in [3.63, 3.8) is 0 Å². The second-order valence-electron chi connectivity index (χ2n) is 6.88. The molecule has 1 amide bonds. The third-order valence-electron chi connectivity index (χ3n) is 4.92. The predicted octanol–water partition coefficient (Wildman–Crippen LogP) is 2.99. The number of aryl methyl sites for hydroxylation is 1. The van der Waals surface area contributed by atoms with E-state index in [-0.39, 0.29) is 17.4 Å². The number of hydrogen-bond acceptors (Lipinski definition) is 3. The molecule has 1 atom stereocenters. The zero-order valence-electron chi connectivity index (χ0n) is 14.4. The Hall–Kier alpha value is -2.20. The smallest absolute Gasteiger partial charge is 0.226 e. The Morgan fingerprint density at radius 1 is 1.17 bits per heavy atom. The molecule has 1 unspecified atom stereocenters. The van der Waals surface area contributed by atoms with E-state index in [0.717, 1.165) is 37.2 Å². The molecule has 4 heteroatoms. The van der Waals surface area contributed by atoms with Crippen LogP contribution in [0.3, 0.4) is 0 Å². The molecule has 1 fully saturated rings. The molecule has 2 heterocycles. The largest absolute Gasteiger partial charge is 0.343 e.